The molecule has 0 aliphatic carbocycles. The number of hydrogen-bond acceptors (Lipinski definition) is 12. The van der Waals surface area contributed by atoms with E-state index < -0.39 is 24.3 Å². The Bertz CT molecular complexity index is 1940. The van der Waals surface area contributed by atoms with Gasteiger partial charge in [-0.25, -0.2) is 0 Å². The predicted octanol–water partition coefficient (Wildman–Crippen LogP) is 0.415. The Hall–Kier alpha value is -3.67. The number of nitrogens with zero attached hydrogens (tertiary/aromatic N) is 2. The van der Waals surface area contributed by atoms with Crippen molar-refractivity contribution in [1.82, 2.24) is 20.4 Å². The molecule has 4 aromatic carbocycles. The van der Waals surface area contributed by atoms with Gasteiger partial charge < -0.3 is 55.9 Å². The van der Waals surface area contributed by atoms with Gasteiger partial charge in [-0.2, -0.15) is 0 Å². The van der Waals surface area contributed by atoms with Crippen molar-refractivity contribution in [3.63, 3.8) is 0 Å². The number of nitrogens with one attached hydrogen (secondary N) is 2. The molecule has 2 saturated heterocycles. The fourth-order valence-corrected chi connectivity index (χ4v) is 8.19. The van der Waals surface area contributed by atoms with Crippen molar-refractivity contribution in [2.24, 2.45) is 0 Å². The smallest absolute Gasteiger partial charge is 1.00 e. The molecule has 8 rings (SSSR count). The van der Waals surface area contributed by atoms with Crippen LogP contribution in [0.2, 0.25) is 0 Å². The number of carbonyl (C=O) groups is 1. The van der Waals surface area contributed by atoms with E-state index in [1.54, 1.807) is 23.1 Å². The minimum absolute atomic E-state index is 0. The molecule has 4 aliphatic heterocycles. The molecule has 4 aliphatic rings. The van der Waals surface area contributed by atoms with E-state index in [0.717, 1.165) is 49.2 Å². The SMILES string of the molecule is F.O=C([C@@H](NC(CO)c1ccccc1)[C@H](O)c1ccc2c(c1)OCCO2)N1CCCC1.OCC(N[C@H](CN1CCCC1)[C@H](O)c1ccc2c(c1)OCCO2)c1ccccc1.[3HH].[AlH3].[H-].[Li+]. The first-order chi connectivity index (χ1) is 28.9. The Balaban J connectivity index is 0.000000408. The molecular weight excluding hydrogens is 805 g/mol. The summed E-state index contributed by atoms with van der Waals surface area (Å²) in [5, 5.41) is 49.2. The van der Waals surface area contributed by atoms with Crippen LogP contribution in [0.5, 0.6) is 23.0 Å². The molecule has 2 unspecified atom stereocenters. The number of hydrogen-bond donors (Lipinski definition) is 6. The van der Waals surface area contributed by atoms with E-state index in [1.165, 1.54) is 12.8 Å². The average Bonchev–Trinajstić information content (AvgIpc) is 4.04. The summed E-state index contributed by atoms with van der Waals surface area (Å²) < 4.78 is 22.5. The number of rotatable bonds is 15. The average molecular weight is 873 g/mol. The van der Waals surface area contributed by atoms with E-state index in [1.807, 2.05) is 78.9 Å². The molecule has 334 valence electrons. The normalized spacial score (nSPS) is 18.2. The molecule has 6 N–H and O–H groups in total. The minimum atomic E-state index is -1.10. The Morgan fingerprint density at radius 1 is 0.613 bits per heavy atom. The molecule has 4 aromatic rings. The number of fused-ring (bicyclic) bond motifs is 2. The number of aliphatic hydroxyl groups excluding tert-OH is 4. The van der Waals surface area contributed by atoms with E-state index in [9.17, 15) is 25.2 Å². The predicted molar refractivity (Wildman–Crippen MR) is 238 cm³/mol. The third-order valence-electron chi connectivity index (χ3n) is 11.4. The molecule has 2 fully saturated rings. The van der Waals surface area contributed by atoms with Crippen molar-refractivity contribution >= 4 is 23.3 Å². The van der Waals surface area contributed by atoms with Crippen molar-refractivity contribution in [1.29, 1.82) is 0 Å². The maximum absolute atomic E-state index is 13.3. The van der Waals surface area contributed by atoms with Crippen LogP contribution < -0.4 is 48.4 Å². The summed E-state index contributed by atoms with van der Waals surface area (Å²) in [6, 6.07) is 28.3. The second-order valence-electron chi connectivity index (χ2n) is 15.4. The molecular formula is C46H65AlFLiN4O9. The number of aliphatic hydroxyl groups is 4. The van der Waals surface area contributed by atoms with E-state index >= 15 is 0 Å². The summed E-state index contributed by atoms with van der Waals surface area (Å²) in [4.78, 5) is 17.4. The van der Waals surface area contributed by atoms with Gasteiger partial charge in [0, 0.05) is 21.1 Å². The van der Waals surface area contributed by atoms with Crippen LogP contribution in [0.3, 0.4) is 0 Å². The van der Waals surface area contributed by atoms with E-state index in [-0.39, 0.29) is 75.0 Å². The van der Waals surface area contributed by atoms with Gasteiger partial charge in [-0.1, -0.05) is 72.8 Å². The maximum Gasteiger partial charge on any atom is 1.00 e. The monoisotopic (exact) mass is 872 g/mol. The zero-order valence-corrected chi connectivity index (χ0v) is 34.9. The van der Waals surface area contributed by atoms with Gasteiger partial charge in [-0.3, -0.25) is 14.8 Å². The summed E-state index contributed by atoms with van der Waals surface area (Å²) in [7, 11) is 0. The maximum atomic E-state index is 13.3. The molecule has 0 aromatic heterocycles. The van der Waals surface area contributed by atoms with Crippen LogP contribution >= 0.6 is 0 Å². The third kappa shape index (κ3) is 13.2. The number of ether oxygens (including phenoxy) is 4. The molecule has 4 heterocycles. The fraction of sp³-hybridized carbons (Fsp3) is 0.457. The van der Waals surface area contributed by atoms with Crippen LogP contribution in [-0.4, -0.2) is 138 Å². The minimum Gasteiger partial charge on any atom is -1.00 e. The summed E-state index contributed by atoms with van der Waals surface area (Å²) in [6.07, 6.45) is 2.46. The summed E-state index contributed by atoms with van der Waals surface area (Å²) >= 11 is 0. The molecule has 6 atom stereocenters. The number of amides is 1. The second-order valence-corrected chi connectivity index (χ2v) is 15.4. The molecule has 0 bridgehead atoms. The van der Waals surface area contributed by atoms with Crippen LogP contribution in [0.4, 0.5) is 4.70 Å². The Morgan fingerprint density at radius 2 is 1.05 bits per heavy atom. The van der Waals surface area contributed by atoms with Crippen molar-refractivity contribution in [3.8, 4) is 23.0 Å². The Kier molecular flexibility index (Phi) is 21.0. The number of benzene rings is 4. The van der Waals surface area contributed by atoms with Crippen molar-refractivity contribution < 1.29 is 70.6 Å². The van der Waals surface area contributed by atoms with Gasteiger partial charge in [0.1, 0.15) is 38.6 Å². The Morgan fingerprint density at radius 3 is 1.53 bits per heavy atom. The first kappa shape index (κ1) is 51.0. The van der Waals surface area contributed by atoms with Crippen LogP contribution in [0.15, 0.2) is 97.1 Å². The topological polar surface area (TPSA) is 165 Å². The number of likely N-dealkylation sites (tertiary alicyclic amines) is 2. The van der Waals surface area contributed by atoms with Gasteiger partial charge in [0.2, 0.25) is 5.91 Å². The van der Waals surface area contributed by atoms with Crippen molar-refractivity contribution in [2.75, 3.05) is 72.4 Å². The molecule has 62 heavy (non-hydrogen) atoms. The van der Waals surface area contributed by atoms with Gasteiger partial charge >= 0.3 is 18.9 Å². The third-order valence-corrected chi connectivity index (χ3v) is 11.4. The van der Waals surface area contributed by atoms with E-state index in [4.69, 9.17) is 18.9 Å². The molecule has 16 heteroatoms. The number of carbonyl (C=O) groups excluding carboxylic acids is 1. The van der Waals surface area contributed by atoms with Gasteiger partial charge in [0.15, 0.2) is 40.4 Å². The summed E-state index contributed by atoms with van der Waals surface area (Å²) in [5.41, 5.74) is 3.22. The van der Waals surface area contributed by atoms with Gasteiger partial charge in [0.05, 0.1) is 37.4 Å². The van der Waals surface area contributed by atoms with E-state index in [2.05, 4.69) is 15.5 Å². The molecule has 13 nitrogen and oxygen atoms in total. The second kappa shape index (κ2) is 25.6. The van der Waals surface area contributed by atoms with Crippen LogP contribution in [-0.2, 0) is 4.79 Å². The largest absolute Gasteiger partial charge is 1.00 e. The first-order valence-corrected chi connectivity index (χ1v) is 20.9. The first-order valence-electron chi connectivity index (χ1n) is 20.9. The van der Waals surface area contributed by atoms with Crippen molar-refractivity contribution in [2.45, 2.75) is 62.1 Å². The quantitative estimate of drug-likeness (QED) is 0.0915. The van der Waals surface area contributed by atoms with Crippen LogP contribution in [0, 0.1) is 0 Å². The molecule has 0 radical (unpaired) electrons. The van der Waals surface area contributed by atoms with Crippen LogP contribution in [0.1, 0.15) is 75.1 Å². The molecule has 1 amide bonds. The zero-order chi connectivity index (χ0) is 41.0. The van der Waals surface area contributed by atoms with Gasteiger partial charge in [0.25, 0.3) is 0 Å². The Labute approximate surface area is 389 Å². The van der Waals surface area contributed by atoms with Gasteiger partial charge in [-0.05, 0) is 85.3 Å². The molecule has 0 spiro atoms. The number of halogens is 1. The van der Waals surface area contributed by atoms with Gasteiger partial charge in [-0.15, -0.1) is 0 Å². The van der Waals surface area contributed by atoms with Crippen LogP contribution in [0.25, 0.3) is 0 Å². The zero-order valence-electron chi connectivity index (χ0n) is 35.9. The fourth-order valence-electron chi connectivity index (χ4n) is 8.19. The summed E-state index contributed by atoms with van der Waals surface area (Å²) in [5.74, 6) is 2.42. The van der Waals surface area contributed by atoms with Crippen molar-refractivity contribution in [3.05, 3.63) is 119 Å². The standard InChI is InChI=1S/C23H28N2O5.C23H30N2O4.Al.FH.Li.H2.4H/c26-15-18(16-6-2-1-3-7-16)24-21(23(28)25-10-4-5-11-25)22(27)17-8-9-19-20(14-17)30-13-12-29-19;26-16-20(17-6-2-1-3-7-17)24-19(15-25-10-4-5-11-25)23(27)18-8-9-21-22(14-18)29-13-12-28-21;;;;;;;;/h1-3,6-9,14,18,21-22,24,26-27H,4-5,10-13,15H2;1-3,6-9,14,19-20,23-24,26-27H,4-5,10-13,15-16H2;;1H;;1H;;;;/q;;;;+1;;;;;-1/t18?,21-,22+;19-,20?,23-;;;;;;;;/m01......../s1/i;;;;;1+2;;;;. The van der Waals surface area contributed by atoms with E-state index in [0.29, 0.717) is 68.1 Å². The molecule has 0 saturated carbocycles. The summed E-state index contributed by atoms with van der Waals surface area (Å²) in [6.45, 7) is 5.94.